The van der Waals surface area contributed by atoms with Gasteiger partial charge in [0.1, 0.15) is 10.6 Å². The summed E-state index contributed by atoms with van der Waals surface area (Å²) < 4.78 is 32.5. The van der Waals surface area contributed by atoms with Crippen LogP contribution in [0.4, 0.5) is 0 Å². The SMILES string of the molecule is COc1c(CN)cc(Cl)cc1S(=O)(=O)NCCC1CC1. The van der Waals surface area contributed by atoms with E-state index < -0.39 is 10.0 Å². The molecule has 1 aliphatic rings. The number of rotatable bonds is 7. The molecule has 0 amide bonds. The molecule has 1 aromatic carbocycles. The third kappa shape index (κ3) is 3.63. The smallest absolute Gasteiger partial charge is 0.244 e. The fraction of sp³-hybridized carbons (Fsp3) is 0.538. The standard InChI is InChI=1S/C13H19ClN2O3S/c1-19-13-10(8-15)6-11(14)7-12(13)20(17,18)16-5-4-9-2-3-9/h6-7,9,16H,2-5,8,15H2,1H3. The molecule has 5 nitrogen and oxygen atoms in total. The summed E-state index contributed by atoms with van der Waals surface area (Å²) >= 11 is 5.95. The summed E-state index contributed by atoms with van der Waals surface area (Å²) in [7, 11) is -2.22. The van der Waals surface area contributed by atoms with Crippen molar-refractivity contribution in [3.8, 4) is 5.75 Å². The maximum atomic E-state index is 12.3. The molecular formula is C13H19ClN2O3S. The van der Waals surface area contributed by atoms with E-state index >= 15 is 0 Å². The van der Waals surface area contributed by atoms with E-state index in [-0.39, 0.29) is 17.2 Å². The second kappa shape index (κ2) is 6.30. The Morgan fingerprint density at radius 2 is 2.15 bits per heavy atom. The zero-order valence-corrected chi connectivity index (χ0v) is 12.9. The Hall–Kier alpha value is -0.820. The molecule has 3 N–H and O–H groups in total. The molecule has 2 rings (SSSR count). The zero-order valence-electron chi connectivity index (χ0n) is 11.4. The van der Waals surface area contributed by atoms with Gasteiger partial charge in [-0.1, -0.05) is 24.4 Å². The van der Waals surface area contributed by atoms with Crippen molar-refractivity contribution in [2.75, 3.05) is 13.7 Å². The van der Waals surface area contributed by atoms with Crippen molar-refractivity contribution in [2.24, 2.45) is 11.7 Å². The topological polar surface area (TPSA) is 81.4 Å². The Bertz CT molecular complexity index is 586. The maximum Gasteiger partial charge on any atom is 0.244 e. The van der Waals surface area contributed by atoms with Crippen LogP contribution >= 0.6 is 11.6 Å². The minimum atomic E-state index is -3.64. The first kappa shape index (κ1) is 15.6. The number of nitrogens with two attached hydrogens (primary N) is 1. The molecule has 0 radical (unpaired) electrons. The van der Waals surface area contributed by atoms with Crippen LogP contribution in [0.1, 0.15) is 24.8 Å². The van der Waals surface area contributed by atoms with Crippen LogP contribution in [0.5, 0.6) is 5.75 Å². The van der Waals surface area contributed by atoms with Crippen LogP contribution in [-0.2, 0) is 16.6 Å². The van der Waals surface area contributed by atoms with Crippen LogP contribution in [0, 0.1) is 5.92 Å². The highest BCUT2D eigenvalue weighted by Crippen LogP contribution is 2.33. The first-order chi connectivity index (χ1) is 9.47. The Labute approximate surface area is 124 Å². The van der Waals surface area contributed by atoms with Crippen molar-refractivity contribution >= 4 is 21.6 Å². The lowest BCUT2D eigenvalue weighted by atomic mass is 10.2. The Balaban J connectivity index is 2.26. The molecule has 0 unspecified atom stereocenters. The Morgan fingerprint density at radius 1 is 1.45 bits per heavy atom. The summed E-state index contributed by atoms with van der Waals surface area (Å²) in [5, 5.41) is 0.328. The Morgan fingerprint density at radius 3 is 2.70 bits per heavy atom. The summed E-state index contributed by atoms with van der Waals surface area (Å²) in [5.41, 5.74) is 6.17. The summed E-state index contributed by atoms with van der Waals surface area (Å²) in [5.74, 6) is 0.925. The molecule has 20 heavy (non-hydrogen) atoms. The van der Waals surface area contributed by atoms with E-state index in [1.54, 1.807) is 6.07 Å². The van der Waals surface area contributed by atoms with Gasteiger partial charge >= 0.3 is 0 Å². The number of halogens is 1. The summed E-state index contributed by atoms with van der Waals surface area (Å²) in [4.78, 5) is 0.0451. The van der Waals surface area contributed by atoms with Crippen molar-refractivity contribution in [1.29, 1.82) is 0 Å². The van der Waals surface area contributed by atoms with Crippen molar-refractivity contribution in [1.82, 2.24) is 4.72 Å². The van der Waals surface area contributed by atoms with E-state index in [4.69, 9.17) is 22.1 Å². The summed E-state index contributed by atoms with van der Waals surface area (Å²) in [6.45, 7) is 0.592. The van der Waals surface area contributed by atoms with Crippen LogP contribution in [0.15, 0.2) is 17.0 Å². The maximum absolute atomic E-state index is 12.3. The van der Waals surface area contributed by atoms with Crippen molar-refractivity contribution in [3.05, 3.63) is 22.7 Å². The van der Waals surface area contributed by atoms with Gasteiger partial charge in [0.15, 0.2) is 0 Å². The fourth-order valence-electron chi connectivity index (χ4n) is 2.09. The van der Waals surface area contributed by atoms with Crippen LogP contribution in [0.2, 0.25) is 5.02 Å². The van der Waals surface area contributed by atoms with Gasteiger partial charge in [0.25, 0.3) is 0 Å². The summed E-state index contributed by atoms with van der Waals surface area (Å²) in [6, 6.07) is 3.00. The van der Waals surface area contributed by atoms with Crippen LogP contribution in [-0.4, -0.2) is 22.1 Å². The molecule has 1 aromatic rings. The lowest BCUT2D eigenvalue weighted by Crippen LogP contribution is -2.26. The molecule has 0 bridgehead atoms. The Kier molecular flexibility index (Phi) is 4.90. The first-order valence-electron chi connectivity index (χ1n) is 6.54. The third-order valence-corrected chi connectivity index (χ3v) is 5.04. The monoisotopic (exact) mass is 318 g/mol. The summed E-state index contributed by atoms with van der Waals surface area (Å²) in [6.07, 6.45) is 3.25. The van der Waals surface area contributed by atoms with E-state index in [0.29, 0.717) is 23.0 Å². The van der Waals surface area contributed by atoms with Gasteiger partial charge in [0.2, 0.25) is 10.0 Å². The zero-order chi connectivity index (χ0) is 14.8. The molecule has 0 spiro atoms. The highest BCUT2D eigenvalue weighted by molar-refractivity contribution is 7.89. The van der Waals surface area contributed by atoms with Gasteiger partial charge in [-0.15, -0.1) is 0 Å². The number of nitrogens with one attached hydrogen (secondary N) is 1. The van der Waals surface area contributed by atoms with Gasteiger partial charge in [-0.3, -0.25) is 0 Å². The van der Waals surface area contributed by atoms with Gasteiger partial charge < -0.3 is 10.5 Å². The molecule has 112 valence electrons. The van der Waals surface area contributed by atoms with Gasteiger partial charge in [0, 0.05) is 23.7 Å². The number of hydrogen-bond acceptors (Lipinski definition) is 4. The third-order valence-electron chi connectivity index (χ3n) is 3.35. The minimum Gasteiger partial charge on any atom is -0.495 e. The number of benzene rings is 1. The minimum absolute atomic E-state index is 0.0451. The molecule has 0 saturated heterocycles. The van der Waals surface area contributed by atoms with Gasteiger partial charge in [0.05, 0.1) is 7.11 Å². The first-order valence-corrected chi connectivity index (χ1v) is 8.40. The molecule has 1 fully saturated rings. The highest BCUT2D eigenvalue weighted by Gasteiger charge is 2.25. The van der Waals surface area contributed by atoms with Gasteiger partial charge in [-0.05, 0) is 24.5 Å². The molecule has 0 heterocycles. The highest BCUT2D eigenvalue weighted by atomic mass is 35.5. The van der Waals surface area contributed by atoms with Crippen LogP contribution in [0.3, 0.4) is 0 Å². The van der Waals surface area contributed by atoms with Gasteiger partial charge in [-0.25, -0.2) is 13.1 Å². The molecule has 0 aliphatic heterocycles. The number of ether oxygens (including phenoxy) is 1. The normalized spacial score (nSPS) is 15.3. The molecule has 7 heteroatoms. The van der Waals surface area contributed by atoms with Crippen molar-refractivity contribution in [2.45, 2.75) is 30.7 Å². The number of methoxy groups -OCH3 is 1. The quantitative estimate of drug-likeness (QED) is 0.804. The van der Waals surface area contributed by atoms with E-state index in [1.165, 1.54) is 26.0 Å². The molecule has 1 aliphatic carbocycles. The molecular weight excluding hydrogens is 300 g/mol. The average molecular weight is 319 g/mol. The predicted octanol–water partition coefficient (Wildman–Crippen LogP) is 1.89. The van der Waals surface area contributed by atoms with E-state index in [0.717, 1.165) is 6.42 Å². The average Bonchev–Trinajstić information content (AvgIpc) is 3.21. The largest absolute Gasteiger partial charge is 0.495 e. The lowest BCUT2D eigenvalue weighted by Gasteiger charge is -2.14. The molecule has 0 aromatic heterocycles. The van der Waals surface area contributed by atoms with Crippen LogP contribution < -0.4 is 15.2 Å². The fourth-order valence-corrected chi connectivity index (χ4v) is 3.68. The van der Waals surface area contributed by atoms with Crippen LogP contribution in [0.25, 0.3) is 0 Å². The lowest BCUT2D eigenvalue weighted by molar-refractivity contribution is 0.397. The van der Waals surface area contributed by atoms with E-state index in [2.05, 4.69) is 4.72 Å². The second-order valence-electron chi connectivity index (χ2n) is 4.93. The van der Waals surface area contributed by atoms with Gasteiger partial charge in [-0.2, -0.15) is 0 Å². The number of hydrogen-bond donors (Lipinski definition) is 2. The van der Waals surface area contributed by atoms with E-state index in [9.17, 15) is 8.42 Å². The molecule has 0 atom stereocenters. The molecule has 1 saturated carbocycles. The van der Waals surface area contributed by atoms with Crippen molar-refractivity contribution in [3.63, 3.8) is 0 Å². The predicted molar refractivity (Wildman–Crippen MR) is 78.4 cm³/mol. The number of sulfonamides is 1. The van der Waals surface area contributed by atoms with Crippen molar-refractivity contribution < 1.29 is 13.2 Å². The second-order valence-corrected chi connectivity index (χ2v) is 7.10. The van der Waals surface area contributed by atoms with E-state index in [1.807, 2.05) is 0 Å².